The van der Waals surface area contributed by atoms with Crippen LogP contribution in [-0.4, -0.2) is 10.7 Å². The molecule has 4 heteroatoms. The van der Waals surface area contributed by atoms with Crippen LogP contribution in [-0.2, 0) is 0 Å². The van der Waals surface area contributed by atoms with Gasteiger partial charge in [-0.3, -0.25) is 0 Å². The van der Waals surface area contributed by atoms with Crippen molar-refractivity contribution < 1.29 is 0 Å². The average Bonchev–Trinajstić information content (AvgIpc) is 2.29. The Balaban J connectivity index is 3.35. The van der Waals surface area contributed by atoms with E-state index in [4.69, 9.17) is 10.5 Å². The van der Waals surface area contributed by atoms with Gasteiger partial charge in [0.05, 0.1) is 5.56 Å². The van der Waals surface area contributed by atoms with Crippen molar-refractivity contribution in [2.45, 2.75) is 32.2 Å². The molecule has 0 radical (unpaired) electrons. The molecule has 1 aromatic rings. The molecule has 0 aliphatic rings. The molecule has 82 valence electrons. The van der Waals surface area contributed by atoms with Crippen LogP contribution in [0.4, 0.5) is 0 Å². The largest absolute Gasteiger partial charge is 0.245 e. The maximum atomic E-state index is 9.09. The Morgan fingerprint density at radius 3 is 2.31 bits per heavy atom. The number of rotatable bonds is 3. The highest BCUT2D eigenvalue weighted by molar-refractivity contribution is 7.99. The predicted octanol–water partition coefficient (Wildman–Crippen LogP) is 2.94. The minimum absolute atomic E-state index is 0.420. The van der Waals surface area contributed by atoms with E-state index in [1.54, 1.807) is 0 Å². The fourth-order valence-corrected chi connectivity index (χ4v) is 2.21. The smallest absolute Gasteiger partial charge is 0.115 e. The second-order valence-corrected chi connectivity index (χ2v) is 4.53. The third-order valence-electron chi connectivity index (χ3n) is 2.32. The quantitative estimate of drug-likeness (QED) is 0.750. The van der Waals surface area contributed by atoms with E-state index in [0.717, 1.165) is 23.4 Å². The molecule has 3 nitrogen and oxygen atoms in total. The molecule has 1 heterocycles. The first-order valence-corrected chi connectivity index (χ1v) is 6.08. The number of pyridine rings is 1. The van der Waals surface area contributed by atoms with E-state index >= 15 is 0 Å². The second kappa shape index (κ2) is 5.53. The summed E-state index contributed by atoms with van der Waals surface area (Å²) >= 11 is 1.54. The number of thioether (sulfide) groups is 1. The molecule has 16 heavy (non-hydrogen) atoms. The van der Waals surface area contributed by atoms with Crippen LogP contribution in [0, 0.1) is 36.5 Å². The van der Waals surface area contributed by atoms with E-state index in [1.165, 1.54) is 11.8 Å². The number of aromatic nitrogens is 1. The Bertz CT molecular complexity index is 481. The summed E-state index contributed by atoms with van der Waals surface area (Å²) in [4.78, 5) is 4.38. The van der Waals surface area contributed by atoms with E-state index in [-0.39, 0.29) is 0 Å². The summed E-state index contributed by atoms with van der Waals surface area (Å²) in [6, 6.07) is 4.18. The fraction of sp³-hybridized carbons (Fsp3) is 0.417. The highest BCUT2D eigenvalue weighted by atomic mass is 32.2. The Hall–Kier alpha value is -1.52. The summed E-state index contributed by atoms with van der Waals surface area (Å²) in [6.45, 7) is 5.77. The predicted molar refractivity (Wildman–Crippen MR) is 64.2 cm³/mol. The molecule has 0 spiro atoms. The van der Waals surface area contributed by atoms with E-state index in [1.807, 2.05) is 13.8 Å². The average molecular weight is 231 g/mol. The third-order valence-corrected chi connectivity index (χ3v) is 3.50. The topological polar surface area (TPSA) is 60.5 Å². The zero-order chi connectivity index (χ0) is 12.1. The van der Waals surface area contributed by atoms with Gasteiger partial charge in [0.25, 0.3) is 0 Å². The maximum Gasteiger partial charge on any atom is 0.115 e. The highest BCUT2D eigenvalue weighted by Gasteiger charge is 2.14. The first-order valence-electron chi connectivity index (χ1n) is 5.09. The minimum Gasteiger partial charge on any atom is -0.245 e. The van der Waals surface area contributed by atoms with E-state index < -0.39 is 0 Å². The summed E-state index contributed by atoms with van der Waals surface area (Å²) in [5.74, 6) is 0.912. The zero-order valence-corrected chi connectivity index (χ0v) is 10.5. The molecule has 0 atom stereocenters. The molecule has 1 rings (SSSR count). The molecular weight excluding hydrogens is 218 g/mol. The van der Waals surface area contributed by atoms with E-state index in [9.17, 15) is 0 Å². The zero-order valence-electron chi connectivity index (χ0n) is 9.66. The molecule has 0 bridgehead atoms. The van der Waals surface area contributed by atoms with Crippen molar-refractivity contribution >= 4 is 11.8 Å². The van der Waals surface area contributed by atoms with Gasteiger partial charge in [0, 0.05) is 5.69 Å². The molecule has 0 aliphatic carbocycles. The first kappa shape index (κ1) is 12.5. The van der Waals surface area contributed by atoms with Crippen molar-refractivity contribution in [3.05, 3.63) is 22.4 Å². The van der Waals surface area contributed by atoms with Crippen LogP contribution < -0.4 is 0 Å². The summed E-state index contributed by atoms with van der Waals surface area (Å²) < 4.78 is 0. The monoisotopic (exact) mass is 231 g/mol. The lowest BCUT2D eigenvalue weighted by Crippen LogP contribution is -2.00. The first-order chi connectivity index (χ1) is 7.65. The SMILES string of the molecule is CCCSc1nc(C)c(C)c(C#N)c1C#N. The van der Waals surface area contributed by atoms with Crippen molar-refractivity contribution in [2.75, 3.05) is 5.75 Å². The van der Waals surface area contributed by atoms with Gasteiger partial charge in [0.1, 0.15) is 22.7 Å². The Morgan fingerprint density at radius 2 is 1.81 bits per heavy atom. The van der Waals surface area contributed by atoms with Crippen molar-refractivity contribution in [3.8, 4) is 12.1 Å². The van der Waals surface area contributed by atoms with E-state index in [2.05, 4.69) is 24.0 Å². The van der Waals surface area contributed by atoms with Crippen LogP contribution in [0.3, 0.4) is 0 Å². The summed E-state index contributed by atoms with van der Waals surface area (Å²) in [5.41, 5.74) is 2.52. The highest BCUT2D eigenvalue weighted by Crippen LogP contribution is 2.26. The number of nitriles is 2. The number of hydrogen-bond acceptors (Lipinski definition) is 4. The summed E-state index contributed by atoms with van der Waals surface area (Å²) in [7, 11) is 0. The van der Waals surface area contributed by atoms with Crippen molar-refractivity contribution in [3.63, 3.8) is 0 Å². The second-order valence-electron chi connectivity index (χ2n) is 3.45. The van der Waals surface area contributed by atoms with Crippen molar-refractivity contribution in [1.82, 2.24) is 4.98 Å². The molecule has 0 amide bonds. The van der Waals surface area contributed by atoms with Crippen molar-refractivity contribution in [2.24, 2.45) is 0 Å². The Morgan fingerprint density at radius 1 is 1.19 bits per heavy atom. The lowest BCUT2D eigenvalue weighted by molar-refractivity contribution is 1.01. The van der Waals surface area contributed by atoms with Crippen LogP contribution in [0.25, 0.3) is 0 Å². The number of hydrogen-bond donors (Lipinski definition) is 0. The number of nitrogens with zero attached hydrogens (tertiary/aromatic N) is 3. The van der Waals surface area contributed by atoms with Gasteiger partial charge in [-0.05, 0) is 31.6 Å². The van der Waals surface area contributed by atoms with Gasteiger partial charge in [-0.1, -0.05) is 6.92 Å². The van der Waals surface area contributed by atoms with Crippen LogP contribution in [0.1, 0.15) is 35.7 Å². The van der Waals surface area contributed by atoms with Crippen LogP contribution in [0.15, 0.2) is 5.03 Å². The molecule has 0 saturated carbocycles. The molecule has 0 N–H and O–H groups in total. The minimum atomic E-state index is 0.420. The van der Waals surface area contributed by atoms with Crippen LogP contribution in [0.5, 0.6) is 0 Å². The van der Waals surface area contributed by atoms with Gasteiger partial charge in [0.2, 0.25) is 0 Å². The van der Waals surface area contributed by atoms with Crippen LogP contribution in [0.2, 0.25) is 0 Å². The van der Waals surface area contributed by atoms with Crippen LogP contribution >= 0.6 is 11.8 Å². The molecule has 0 unspecified atom stereocenters. The fourth-order valence-electron chi connectivity index (χ4n) is 1.31. The maximum absolute atomic E-state index is 9.09. The van der Waals surface area contributed by atoms with Gasteiger partial charge in [0.15, 0.2) is 0 Å². The normalized spacial score (nSPS) is 9.56. The van der Waals surface area contributed by atoms with E-state index in [0.29, 0.717) is 16.2 Å². The molecule has 0 fully saturated rings. The van der Waals surface area contributed by atoms with Gasteiger partial charge in [-0.15, -0.1) is 11.8 Å². The van der Waals surface area contributed by atoms with Gasteiger partial charge in [-0.25, -0.2) is 4.98 Å². The number of aryl methyl sites for hydroxylation is 1. The standard InChI is InChI=1S/C12H13N3S/c1-4-5-16-12-11(7-14)10(6-13)8(2)9(3)15-12/h4-5H2,1-3H3. The third kappa shape index (κ3) is 2.35. The molecule has 0 aliphatic heterocycles. The van der Waals surface area contributed by atoms with Gasteiger partial charge in [-0.2, -0.15) is 10.5 Å². The Kier molecular flexibility index (Phi) is 4.34. The summed E-state index contributed by atoms with van der Waals surface area (Å²) in [5, 5.41) is 18.8. The lowest BCUT2D eigenvalue weighted by Gasteiger charge is -2.08. The molecule has 0 aromatic carbocycles. The summed E-state index contributed by atoms with van der Waals surface area (Å²) in [6.07, 6.45) is 1.02. The Labute approximate surface area is 100 Å². The lowest BCUT2D eigenvalue weighted by atomic mass is 10.0. The molecule has 0 saturated heterocycles. The van der Waals surface area contributed by atoms with Gasteiger partial charge >= 0.3 is 0 Å². The molecule has 1 aromatic heterocycles. The van der Waals surface area contributed by atoms with Crippen molar-refractivity contribution in [1.29, 1.82) is 10.5 Å². The van der Waals surface area contributed by atoms with Gasteiger partial charge < -0.3 is 0 Å². The molecular formula is C12H13N3S.